The first-order chi connectivity index (χ1) is 38.9. The van der Waals surface area contributed by atoms with Crippen LogP contribution in [0.25, 0.3) is 0 Å². The van der Waals surface area contributed by atoms with E-state index < -0.39 is 26.6 Å². The molecule has 0 heterocycles. The van der Waals surface area contributed by atoms with Crippen LogP contribution in [0.4, 0.5) is 0 Å². The molecule has 0 aromatic heterocycles. The van der Waals surface area contributed by atoms with Crippen LogP contribution >= 0.6 is 7.82 Å². The maximum atomic E-state index is 13.6. The van der Waals surface area contributed by atoms with Crippen LogP contribution in [-0.2, 0) is 27.9 Å². The first kappa shape index (κ1) is 76.4. The van der Waals surface area contributed by atoms with Gasteiger partial charge in [-0.1, -0.05) is 245 Å². The highest BCUT2D eigenvalue weighted by Gasteiger charge is 2.27. The summed E-state index contributed by atoms with van der Waals surface area (Å²) < 4.78 is 30.3. The number of phosphoric ester groups is 1. The Morgan fingerprint density at radius 1 is 0.450 bits per heavy atom. The second-order valence-corrected chi connectivity index (χ2v) is 23.9. The maximum absolute atomic E-state index is 13.6. The fourth-order valence-corrected chi connectivity index (χ4v) is 9.37. The van der Waals surface area contributed by atoms with Crippen LogP contribution in [0.5, 0.6) is 0 Å². The van der Waals surface area contributed by atoms with Crippen molar-refractivity contribution >= 4 is 19.7 Å². The normalized spacial score (nSPS) is 14.4. The van der Waals surface area contributed by atoms with Crippen molar-refractivity contribution in [1.29, 1.82) is 0 Å². The molecule has 0 aliphatic heterocycles. The number of carbonyl (C=O) groups is 2. The molecule has 0 fully saturated rings. The van der Waals surface area contributed by atoms with Gasteiger partial charge < -0.3 is 28.5 Å². The van der Waals surface area contributed by atoms with Gasteiger partial charge in [0.15, 0.2) is 0 Å². The molecule has 80 heavy (non-hydrogen) atoms. The van der Waals surface area contributed by atoms with E-state index in [2.05, 4.69) is 135 Å². The largest absolute Gasteiger partial charge is 0.756 e. The summed E-state index contributed by atoms with van der Waals surface area (Å²) in [4.78, 5) is 40.1. The molecular weight excluding hydrogens is 1010 g/mol. The van der Waals surface area contributed by atoms with E-state index in [4.69, 9.17) is 13.8 Å². The highest BCUT2D eigenvalue weighted by Crippen LogP contribution is 2.38. The molecule has 9 nitrogen and oxygen atoms in total. The summed E-state index contributed by atoms with van der Waals surface area (Å²) in [5.41, 5.74) is 0. The lowest BCUT2D eigenvalue weighted by Crippen LogP contribution is -2.47. The molecule has 0 radical (unpaired) electrons. The summed E-state index contributed by atoms with van der Waals surface area (Å²) >= 11 is 0. The van der Waals surface area contributed by atoms with E-state index in [0.717, 1.165) is 116 Å². The number of esters is 1. The van der Waals surface area contributed by atoms with Gasteiger partial charge in [0.25, 0.3) is 7.82 Å². The fraction of sp³-hybridized carbons (Fsp3) is 0.686. The maximum Gasteiger partial charge on any atom is 0.306 e. The number of quaternary nitrogens is 1. The third-order valence-electron chi connectivity index (χ3n) is 13.6. The van der Waals surface area contributed by atoms with Crippen molar-refractivity contribution < 1.29 is 37.3 Å². The lowest BCUT2D eigenvalue weighted by Gasteiger charge is -2.30. The highest BCUT2D eigenvalue weighted by atomic mass is 31.2. The molecule has 458 valence electrons. The van der Waals surface area contributed by atoms with Crippen molar-refractivity contribution in [1.82, 2.24) is 5.32 Å². The molecule has 1 N–H and O–H groups in total. The summed E-state index contributed by atoms with van der Waals surface area (Å²) in [6.07, 6.45) is 81.6. The van der Waals surface area contributed by atoms with Crippen LogP contribution < -0.4 is 10.2 Å². The zero-order chi connectivity index (χ0) is 58.6. The van der Waals surface area contributed by atoms with Gasteiger partial charge in [-0.05, 0) is 122 Å². The van der Waals surface area contributed by atoms with Gasteiger partial charge in [-0.25, -0.2) is 0 Å². The molecule has 0 aliphatic rings. The monoisotopic (exact) mass is 1130 g/mol. The molecule has 0 aromatic rings. The zero-order valence-electron chi connectivity index (χ0n) is 52.2. The van der Waals surface area contributed by atoms with Gasteiger partial charge in [0, 0.05) is 12.8 Å². The van der Waals surface area contributed by atoms with Gasteiger partial charge in [-0.15, -0.1) is 0 Å². The number of nitrogens with one attached hydrogen (secondary N) is 1. The predicted molar refractivity (Wildman–Crippen MR) is 343 cm³/mol. The first-order valence-electron chi connectivity index (χ1n) is 32.3. The van der Waals surface area contributed by atoms with E-state index in [1.165, 1.54) is 96.3 Å². The van der Waals surface area contributed by atoms with Gasteiger partial charge in [-0.3, -0.25) is 14.2 Å². The number of carbonyl (C=O) groups excluding carboxylic acids is 2. The standard InChI is InChI=1S/C70H121N2O7P/c1-7-10-13-16-19-22-25-28-30-32-34-35-36-37-39-40-42-44-47-50-53-56-59-62-69(73)71-67(66-78-80(75,76)77-65-64-72(4,5)6)68(61-58-55-52-49-46-27-24-21-18-15-12-9-3)79-70(74)63-60-57-54-51-48-45-43-41-38-33-31-29-26-23-20-17-14-11-8-2/h11,14,19-20,22-23,28-31,34-35,37-39,41,45,48,58,61,67-68H,7-10,12-13,15-18,21,24-27,32-33,36,40,42-44,46-47,49-57,59-60,62-66H2,1-6H3,(H-,71,73,75,76)/b14-11-,22-19-,23-20-,30-28-,31-29-,35-34-,39-37-,41-38-,48-45-,61-58-. The number of ether oxygens (including phenoxy) is 1. The van der Waals surface area contributed by atoms with Crippen molar-refractivity contribution in [2.75, 3.05) is 40.9 Å². The summed E-state index contributed by atoms with van der Waals surface area (Å²) in [6.45, 7) is 6.66. The Bertz CT molecular complexity index is 1780. The average molecular weight is 1130 g/mol. The van der Waals surface area contributed by atoms with Crippen molar-refractivity contribution in [2.24, 2.45) is 0 Å². The Kier molecular flexibility index (Phi) is 56.0. The van der Waals surface area contributed by atoms with Gasteiger partial charge in [0.1, 0.15) is 19.3 Å². The molecule has 1 amide bonds. The van der Waals surface area contributed by atoms with E-state index in [9.17, 15) is 19.0 Å². The van der Waals surface area contributed by atoms with E-state index in [1.807, 2.05) is 33.3 Å². The number of amides is 1. The lowest BCUT2D eigenvalue weighted by molar-refractivity contribution is -0.870. The van der Waals surface area contributed by atoms with Crippen LogP contribution in [0.2, 0.25) is 0 Å². The summed E-state index contributed by atoms with van der Waals surface area (Å²) in [6, 6.07) is -0.917. The molecule has 0 aliphatic carbocycles. The van der Waals surface area contributed by atoms with Gasteiger partial charge in [0.2, 0.25) is 5.91 Å². The minimum absolute atomic E-state index is 0.0368. The number of hydrogen-bond donors (Lipinski definition) is 1. The molecule has 10 heteroatoms. The van der Waals surface area contributed by atoms with Crippen LogP contribution in [0.15, 0.2) is 122 Å². The number of nitrogens with zero attached hydrogens (tertiary/aromatic N) is 1. The minimum atomic E-state index is -4.72. The number of phosphoric acid groups is 1. The minimum Gasteiger partial charge on any atom is -0.756 e. The Labute approximate surface area is 493 Å². The Morgan fingerprint density at radius 2 is 0.800 bits per heavy atom. The van der Waals surface area contributed by atoms with E-state index in [-0.39, 0.29) is 24.9 Å². The van der Waals surface area contributed by atoms with Crippen molar-refractivity contribution in [3.63, 3.8) is 0 Å². The number of likely N-dealkylation sites (N-methyl/N-ethyl adjacent to an activating group) is 1. The number of unbranched alkanes of at least 4 members (excludes halogenated alkanes) is 23. The Morgan fingerprint density at radius 3 is 1.24 bits per heavy atom. The lowest BCUT2D eigenvalue weighted by atomic mass is 10.0. The van der Waals surface area contributed by atoms with Crippen LogP contribution in [-0.4, -0.2) is 69.4 Å². The smallest absolute Gasteiger partial charge is 0.306 e. The fourth-order valence-electron chi connectivity index (χ4n) is 8.65. The van der Waals surface area contributed by atoms with Gasteiger partial charge in [0.05, 0.1) is 33.8 Å². The molecule has 0 bridgehead atoms. The second-order valence-electron chi connectivity index (χ2n) is 22.5. The number of allylic oxidation sites excluding steroid dienone is 19. The molecule has 0 rings (SSSR count). The molecule has 0 spiro atoms. The predicted octanol–water partition coefficient (Wildman–Crippen LogP) is 19.6. The molecule has 0 aromatic carbocycles. The van der Waals surface area contributed by atoms with Crippen LogP contribution in [0.1, 0.15) is 258 Å². The second kappa shape index (κ2) is 58.6. The van der Waals surface area contributed by atoms with Crippen molar-refractivity contribution in [3.05, 3.63) is 122 Å². The molecular formula is C70H121N2O7P. The van der Waals surface area contributed by atoms with Crippen LogP contribution in [0, 0.1) is 0 Å². The SMILES string of the molecule is CC/C=C\C/C=C\C/C=C\C/C=C\C/C=C\CCCCCC(=O)OC(/C=C\CCCCCCCCCCCC)C(COP(=O)([O-])OCC[N+](C)(C)C)NC(=O)CCCCCCCCC/C=C\C/C=C\C/C=C\C/C=C\CCCCC. The Hall–Kier alpha value is -3.59. The molecule has 0 saturated carbocycles. The van der Waals surface area contributed by atoms with Crippen molar-refractivity contribution in [2.45, 2.75) is 270 Å². The van der Waals surface area contributed by atoms with E-state index in [1.54, 1.807) is 0 Å². The number of rotatable bonds is 57. The number of hydrogen-bond acceptors (Lipinski definition) is 7. The molecule has 3 atom stereocenters. The molecule has 0 saturated heterocycles. The summed E-state index contributed by atoms with van der Waals surface area (Å²) in [7, 11) is 1.14. The van der Waals surface area contributed by atoms with Crippen LogP contribution in [0.3, 0.4) is 0 Å². The molecule has 3 unspecified atom stereocenters. The third-order valence-corrected chi connectivity index (χ3v) is 14.6. The highest BCUT2D eigenvalue weighted by molar-refractivity contribution is 7.45. The van der Waals surface area contributed by atoms with Gasteiger partial charge >= 0.3 is 5.97 Å². The van der Waals surface area contributed by atoms with Crippen molar-refractivity contribution in [3.8, 4) is 0 Å². The average Bonchev–Trinajstić information content (AvgIpc) is 3.43. The topological polar surface area (TPSA) is 114 Å². The van der Waals surface area contributed by atoms with Gasteiger partial charge in [-0.2, -0.15) is 0 Å². The zero-order valence-corrected chi connectivity index (χ0v) is 53.1. The summed E-state index contributed by atoms with van der Waals surface area (Å²) in [5, 5.41) is 3.02. The summed E-state index contributed by atoms with van der Waals surface area (Å²) in [5.74, 6) is -0.597. The van der Waals surface area contributed by atoms with E-state index >= 15 is 0 Å². The Balaban J connectivity index is 5.29. The first-order valence-corrected chi connectivity index (χ1v) is 33.8. The van der Waals surface area contributed by atoms with E-state index in [0.29, 0.717) is 30.3 Å². The third kappa shape index (κ3) is 59.0. The quantitative estimate of drug-likeness (QED) is 0.0212.